The van der Waals surface area contributed by atoms with Crippen molar-refractivity contribution in [2.75, 3.05) is 4.90 Å². The van der Waals surface area contributed by atoms with Crippen molar-refractivity contribution in [2.45, 2.75) is 27.7 Å². The highest BCUT2D eigenvalue weighted by atomic mass is 16.5. The fraction of sp³-hybridized carbons (Fsp3) is 0.143. The summed E-state index contributed by atoms with van der Waals surface area (Å²) >= 11 is 0. The first-order valence-electron chi connectivity index (χ1n) is 10.7. The molecule has 168 valence electrons. The van der Waals surface area contributed by atoms with Gasteiger partial charge in [-0.25, -0.2) is 0 Å². The number of phenolic OH excluding ortho intramolecular Hbond substituents is 3. The molecule has 4 aromatic rings. The van der Waals surface area contributed by atoms with E-state index in [-0.39, 0.29) is 17.2 Å². The van der Waals surface area contributed by atoms with Gasteiger partial charge in [0.05, 0.1) is 11.4 Å². The van der Waals surface area contributed by atoms with E-state index in [0.717, 1.165) is 22.4 Å². The molecule has 0 amide bonds. The Morgan fingerprint density at radius 1 is 0.636 bits per heavy atom. The molecule has 0 atom stereocenters. The zero-order chi connectivity index (χ0) is 23.7. The normalized spacial score (nSPS) is 10.8. The Kier molecular flexibility index (Phi) is 5.88. The second kappa shape index (κ2) is 8.79. The molecule has 5 heteroatoms. The van der Waals surface area contributed by atoms with E-state index in [9.17, 15) is 15.3 Å². The zero-order valence-electron chi connectivity index (χ0n) is 19.1. The van der Waals surface area contributed by atoms with E-state index in [2.05, 4.69) is 0 Å². The van der Waals surface area contributed by atoms with Crippen LogP contribution in [0.2, 0.25) is 0 Å². The predicted molar refractivity (Wildman–Crippen MR) is 132 cm³/mol. The van der Waals surface area contributed by atoms with Gasteiger partial charge in [0.1, 0.15) is 28.7 Å². The molecule has 0 radical (unpaired) electrons. The van der Waals surface area contributed by atoms with Crippen molar-refractivity contribution in [3.8, 4) is 28.7 Å². The minimum atomic E-state index is 0.112. The molecule has 5 nitrogen and oxygen atoms in total. The number of phenols is 3. The van der Waals surface area contributed by atoms with Crippen LogP contribution in [0.5, 0.6) is 28.7 Å². The van der Waals surface area contributed by atoms with Crippen LogP contribution >= 0.6 is 0 Å². The maximum atomic E-state index is 10.7. The minimum Gasteiger partial charge on any atom is -0.507 e. The lowest BCUT2D eigenvalue weighted by atomic mass is 10.1. The smallest absolute Gasteiger partial charge is 0.139 e. The molecule has 4 rings (SSSR count). The molecule has 0 fully saturated rings. The molecule has 0 saturated heterocycles. The van der Waals surface area contributed by atoms with Crippen molar-refractivity contribution in [3.63, 3.8) is 0 Å². The number of benzene rings is 4. The second-order valence-electron chi connectivity index (χ2n) is 8.27. The molecule has 0 bridgehead atoms. The van der Waals surface area contributed by atoms with Crippen molar-refractivity contribution in [1.82, 2.24) is 0 Å². The number of aromatic hydroxyl groups is 3. The van der Waals surface area contributed by atoms with Gasteiger partial charge in [0.25, 0.3) is 0 Å². The molecule has 0 aliphatic rings. The fourth-order valence-corrected chi connectivity index (χ4v) is 3.77. The Morgan fingerprint density at radius 2 is 1.18 bits per heavy atom. The summed E-state index contributed by atoms with van der Waals surface area (Å²) in [7, 11) is 0. The SMILES string of the molecule is Cc1ccc(N(c2ccc(Oc3ccc(C)c(O)c3C)cc2)c2ccc(C)cc2O)c(O)c1. The highest BCUT2D eigenvalue weighted by Crippen LogP contribution is 2.44. The number of hydrogen-bond donors (Lipinski definition) is 3. The highest BCUT2D eigenvalue weighted by molar-refractivity contribution is 5.83. The average molecular weight is 442 g/mol. The summed E-state index contributed by atoms with van der Waals surface area (Å²) in [5.41, 5.74) is 5.18. The van der Waals surface area contributed by atoms with Gasteiger partial charge in [-0.15, -0.1) is 0 Å². The van der Waals surface area contributed by atoms with E-state index in [4.69, 9.17) is 4.74 Å². The molecule has 33 heavy (non-hydrogen) atoms. The summed E-state index contributed by atoms with van der Waals surface area (Å²) in [6, 6.07) is 21.9. The maximum Gasteiger partial charge on any atom is 0.139 e. The van der Waals surface area contributed by atoms with Crippen LogP contribution in [-0.2, 0) is 0 Å². The van der Waals surface area contributed by atoms with Gasteiger partial charge in [-0.05, 0) is 99.0 Å². The van der Waals surface area contributed by atoms with Crippen LogP contribution in [0.1, 0.15) is 22.3 Å². The first-order valence-corrected chi connectivity index (χ1v) is 10.7. The van der Waals surface area contributed by atoms with Crippen LogP contribution in [-0.4, -0.2) is 15.3 Å². The number of anilines is 3. The number of ether oxygens (including phenoxy) is 1. The number of aryl methyl sites for hydroxylation is 3. The van der Waals surface area contributed by atoms with Gasteiger partial charge in [-0.2, -0.15) is 0 Å². The molecule has 0 heterocycles. The monoisotopic (exact) mass is 441 g/mol. The van der Waals surface area contributed by atoms with E-state index < -0.39 is 0 Å². The van der Waals surface area contributed by atoms with Gasteiger partial charge in [0, 0.05) is 11.3 Å². The standard InChI is InChI=1S/C28H27NO4/c1-17-5-12-23(25(30)15-17)29(24-13-6-18(2)16-26(24)31)21-8-10-22(11-9-21)33-27-14-7-19(3)28(32)20(27)4/h5-16,30-32H,1-4H3. The van der Waals surface area contributed by atoms with Crippen LogP contribution in [0.4, 0.5) is 17.1 Å². The van der Waals surface area contributed by atoms with E-state index in [0.29, 0.717) is 28.4 Å². The number of rotatable bonds is 5. The molecule has 0 aromatic heterocycles. The third-order valence-electron chi connectivity index (χ3n) is 5.65. The zero-order valence-corrected chi connectivity index (χ0v) is 19.1. The summed E-state index contributed by atoms with van der Waals surface area (Å²) in [5, 5.41) is 31.6. The van der Waals surface area contributed by atoms with Crippen molar-refractivity contribution in [2.24, 2.45) is 0 Å². The molecule has 0 aliphatic heterocycles. The average Bonchev–Trinajstić information content (AvgIpc) is 2.78. The summed E-state index contributed by atoms with van der Waals surface area (Å²) in [5.74, 6) is 1.63. The van der Waals surface area contributed by atoms with E-state index in [1.54, 1.807) is 17.0 Å². The Hall–Kier alpha value is -4.12. The molecule has 0 spiro atoms. The Bertz CT molecular complexity index is 1260. The number of nitrogens with zero attached hydrogens (tertiary/aromatic N) is 1. The second-order valence-corrected chi connectivity index (χ2v) is 8.27. The third kappa shape index (κ3) is 4.44. The van der Waals surface area contributed by atoms with Crippen molar-refractivity contribution in [1.29, 1.82) is 0 Å². The Morgan fingerprint density at radius 3 is 1.70 bits per heavy atom. The first kappa shape index (κ1) is 22.1. The van der Waals surface area contributed by atoms with Gasteiger partial charge in [0.2, 0.25) is 0 Å². The largest absolute Gasteiger partial charge is 0.507 e. The van der Waals surface area contributed by atoms with Gasteiger partial charge in [0.15, 0.2) is 0 Å². The first-order chi connectivity index (χ1) is 15.7. The molecule has 0 saturated carbocycles. The Labute approximate surface area is 193 Å². The van der Waals surface area contributed by atoms with Crippen LogP contribution in [0.3, 0.4) is 0 Å². The molecular formula is C28H27NO4. The van der Waals surface area contributed by atoms with Gasteiger partial charge in [-0.1, -0.05) is 18.2 Å². The third-order valence-corrected chi connectivity index (χ3v) is 5.65. The topological polar surface area (TPSA) is 73.2 Å². The summed E-state index contributed by atoms with van der Waals surface area (Å²) < 4.78 is 5.99. The lowest BCUT2D eigenvalue weighted by molar-refractivity contribution is 0.445. The molecule has 4 aromatic carbocycles. The van der Waals surface area contributed by atoms with Crippen LogP contribution < -0.4 is 9.64 Å². The molecule has 0 unspecified atom stereocenters. The van der Waals surface area contributed by atoms with Crippen LogP contribution in [0.15, 0.2) is 72.8 Å². The molecule has 0 aliphatic carbocycles. The molecular weight excluding hydrogens is 414 g/mol. The van der Waals surface area contributed by atoms with Gasteiger partial charge < -0.3 is 25.0 Å². The summed E-state index contributed by atoms with van der Waals surface area (Å²) in [6.45, 7) is 7.48. The summed E-state index contributed by atoms with van der Waals surface area (Å²) in [4.78, 5) is 1.80. The van der Waals surface area contributed by atoms with Crippen LogP contribution in [0.25, 0.3) is 0 Å². The maximum absolute atomic E-state index is 10.7. The molecule has 3 N–H and O–H groups in total. The predicted octanol–water partition coefficient (Wildman–Crippen LogP) is 7.30. The van der Waals surface area contributed by atoms with Gasteiger partial charge in [-0.3, -0.25) is 0 Å². The van der Waals surface area contributed by atoms with Crippen molar-refractivity contribution in [3.05, 3.63) is 95.1 Å². The quantitative estimate of drug-likeness (QED) is 0.303. The Balaban J connectivity index is 1.74. The minimum absolute atomic E-state index is 0.112. The lowest BCUT2D eigenvalue weighted by Gasteiger charge is -2.27. The number of hydrogen-bond acceptors (Lipinski definition) is 5. The van der Waals surface area contributed by atoms with E-state index in [1.807, 2.05) is 88.4 Å². The highest BCUT2D eigenvalue weighted by Gasteiger charge is 2.19. The van der Waals surface area contributed by atoms with E-state index in [1.165, 1.54) is 0 Å². The fourth-order valence-electron chi connectivity index (χ4n) is 3.77. The van der Waals surface area contributed by atoms with Crippen molar-refractivity contribution < 1.29 is 20.1 Å². The van der Waals surface area contributed by atoms with Crippen molar-refractivity contribution >= 4 is 17.1 Å². The lowest BCUT2D eigenvalue weighted by Crippen LogP contribution is -2.10. The summed E-state index contributed by atoms with van der Waals surface area (Å²) in [6.07, 6.45) is 0. The van der Waals surface area contributed by atoms with E-state index >= 15 is 0 Å². The van der Waals surface area contributed by atoms with Crippen LogP contribution in [0, 0.1) is 27.7 Å². The van der Waals surface area contributed by atoms with Gasteiger partial charge >= 0.3 is 0 Å².